The Bertz CT molecular complexity index is 907. The molecule has 1 heterocycles. The fourth-order valence-electron chi connectivity index (χ4n) is 2.63. The second-order valence-corrected chi connectivity index (χ2v) is 7.20. The quantitative estimate of drug-likeness (QED) is 0.416. The van der Waals surface area contributed by atoms with Gasteiger partial charge >= 0.3 is 0 Å². The van der Waals surface area contributed by atoms with Crippen LogP contribution in [0.25, 0.3) is 0 Å². The molecule has 0 atom stereocenters. The van der Waals surface area contributed by atoms with Crippen molar-refractivity contribution in [1.29, 1.82) is 0 Å². The van der Waals surface area contributed by atoms with Gasteiger partial charge in [-0.25, -0.2) is 4.98 Å². The van der Waals surface area contributed by atoms with Crippen molar-refractivity contribution in [2.75, 3.05) is 22.5 Å². The second-order valence-electron chi connectivity index (χ2n) is 6.00. The number of phenols is 1. The highest BCUT2D eigenvalue weighted by Crippen LogP contribution is 2.22. The van der Waals surface area contributed by atoms with Crippen molar-refractivity contribution in [1.82, 2.24) is 9.97 Å². The van der Waals surface area contributed by atoms with Crippen molar-refractivity contribution >= 4 is 45.0 Å². The topological polar surface area (TPSA) is 70.1 Å². The first-order chi connectivity index (χ1) is 13.1. The van der Waals surface area contributed by atoms with Gasteiger partial charge in [0.2, 0.25) is 5.95 Å². The highest BCUT2D eigenvalue weighted by molar-refractivity contribution is 9.09. The molecule has 0 saturated heterocycles. The number of aryl methyl sites for hydroxylation is 1. The van der Waals surface area contributed by atoms with E-state index in [1.54, 1.807) is 18.3 Å². The van der Waals surface area contributed by atoms with Crippen LogP contribution >= 0.6 is 27.5 Å². The van der Waals surface area contributed by atoms with Gasteiger partial charge in [0.25, 0.3) is 0 Å². The van der Waals surface area contributed by atoms with E-state index in [1.165, 1.54) is 5.56 Å². The van der Waals surface area contributed by atoms with Crippen molar-refractivity contribution in [2.45, 2.75) is 12.8 Å². The molecule has 0 aliphatic rings. The summed E-state index contributed by atoms with van der Waals surface area (Å²) >= 11 is 9.67. The molecular weight excluding hydrogens is 428 g/mol. The molecule has 3 rings (SSSR count). The molecule has 3 aromatic rings. The van der Waals surface area contributed by atoms with E-state index in [0.29, 0.717) is 23.3 Å². The Kier molecular flexibility index (Phi) is 6.90. The maximum absolute atomic E-state index is 9.53. The number of rotatable bonds is 8. The Morgan fingerprint density at radius 2 is 1.81 bits per heavy atom. The number of aromatic nitrogens is 2. The van der Waals surface area contributed by atoms with E-state index in [2.05, 4.69) is 48.7 Å². The van der Waals surface area contributed by atoms with Gasteiger partial charge in [-0.3, -0.25) is 0 Å². The summed E-state index contributed by atoms with van der Waals surface area (Å²) in [5, 5.41) is 17.4. The molecule has 0 saturated carbocycles. The normalized spacial score (nSPS) is 10.6. The van der Waals surface area contributed by atoms with Gasteiger partial charge in [-0.05, 0) is 48.2 Å². The molecular formula is C20H20BrClN4O. The van der Waals surface area contributed by atoms with E-state index in [1.807, 2.05) is 24.3 Å². The number of anilines is 3. The SMILES string of the molecule is Oc1cccc(CCNc2nc(Nc3cccc(CCBr)c3)ncc2Cl)c1. The molecule has 0 unspecified atom stereocenters. The van der Waals surface area contributed by atoms with E-state index in [4.69, 9.17) is 11.6 Å². The Labute approximate surface area is 172 Å². The largest absolute Gasteiger partial charge is 0.508 e. The predicted molar refractivity (Wildman–Crippen MR) is 115 cm³/mol. The molecule has 140 valence electrons. The lowest BCUT2D eigenvalue weighted by atomic mass is 10.1. The number of hydrogen-bond donors (Lipinski definition) is 3. The number of aromatic hydroxyl groups is 1. The van der Waals surface area contributed by atoms with Gasteiger partial charge in [0, 0.05) is 17.6 Å². The third kappa shape index (κ3) is 5.84. The molecule has 0 aliphatic heterocycles. The minimum absolute atomic E-state index is 0.265. The van der Waals surface area contributed by atoms with Gasteiger partial charge in [0.1, 0.15) is 10.8 Å². The zero-order chi connectivity index (χ0) is 19.1. The van der Waals surface area contributed by atoms with Crippen molar-refractivity contribution < 1.29 is 5.11 Å². The van der Waals surface area contributed by atoms with Gasteiger partial charge in [-0.1, -0.05) is 51.8 Å². The maximum Gasteiger partial charge on any atom is 0.229 e. The summed E-state index contributed by atoms with van der Waals surface area (Å²) in [7, 11) is 0. The summed E-state index contributed by atoms with van der Waals surface area (Å²) in [6.45, 7) is 0.639. The van der Waals surface area contributed by atoms with Crippen LogP contribution in [0.3, 0.4) is 0 Å². The second kappa shape index (κ2) is 9.58. The molecule has 7 heteroatoms. The highest BCUT2D eigenvalue weighted by Gasteiger charge is 2.06. The van der Waals surface area contributed by atoms with Crippen molar-refractivity contribution in [3.05, 3.63) is 70.9 Å². The van der Waals surface area contributed by atoms with Crippen LogP contribution in [0, 0.1) is 0 Å². The molecule has 0 spiro atoms. The first-order valence-corrected chi connectivity index (χ1v) is 10.1. The fourth-order valence-corrected chi connectivity index (χ4v) is 3.25. The number of nitrogens with one attached hydrogen (secondary N) is 2. The number of phenolic OH excluding ortho intramolecular Hbond substituents is 1. The molecule has 0 aliphatic carbocycles. The van der Waals surface area contributed by atoms with Crippen LogP contribution < -0.4 is 10.6 Å². The zero-order valence-corrected chi connectivity index (χ0v) is 17.0. The van der Waals surface area contributed by atoms with Crippen molar-refractivity contribution in [3.8, 4) is 5.75 Å². The number of alkyl halides is 1. The smallest absolute Gasteiger partial charge is 0.229 e. The first-order valence-electron chi connectivity index (χ1n) is 8.60. The minimum atomic E-state index is 0.265. The van der Waals surface area contributed by atoms with Gasteiger partial charge < -0.3 is 15.7 Å². The van der Waals surface area contributed by atoms with E-state index in [0.717, 1.165) is 29.4 Å². The molecule has 0 radical (unpaired) electrons. The third-order valence-electron chi connectivity index (χ3n) is 3.93. The van der Waals surface area contributed by atoms with Gasteiger partial charge in [0.05, 0.1) is 6.20 Å². The average molecular weight is 448 g/mol. The lowest BCUT2D eigenvalue weighted by molar-refractivity contribution is 0.474. The summed E-state index contributed by atoms with van der Waals surface area (Å²) in [5.41, 5.74) is 3.20. The molecule has 5 nitrogen and oxygen atoms in total. The lowest BCUT2D eigenvalue weighted by Gasteiger charge is -2.11. The number of nitrogens with zero attached hydrogens (tertiary/aromatic N) is 2. The van der Waals surface area contributed by atoms with Gasteiger partial charge in [-0.2, -0.15) is 4.98 Å². The predicted octanol–water partition coefficient (Wildman–Crippen LogP) is 5.17. The van der Waals surface area contributed by atoms with Gasteiger partial charge in [0.15, 0.2) is 5.82 Å². The van der Waals surface area contributed by atoms with E-state index < -0.39 is 0 Å². The van der Waals surface area contributed by atoms with Gasteiger partial charge in [-0.15, -0.1) is 0 Å². The Morgan fingerprint density at radius 1 is 1.04 bits per heavy atom. The van der Waals surface area contributed by atoms with Crippen LogP contribution in [0.15, 0.2) is 54.7 Å². The summed E-state index contributed by atoms with van der Waals surface area (Å²) in [5.74, 6) is 1.32. The zero-order valence-electron chi connectivity index (χ0n) is 14.6. The molecule has 27 heavy (non-hydrogen) atoms. The molecule has 0 bridgehead atoms. The molecule has 2 aromatic carbocycles. The van der Waals surface area contributed by atoms with Crippen molar-refractivity contribution in [2.24, 2.45) is 0 Å². The average Bonchev–Trinajstić information content (AvgIpc) is 2.65. The first kappa shape index (κ1) is 19.5. The summed E-state index contributed by atoms with van der Waals surface area (Å²) in [6, 6.07) is 15.3. The van der Waals surface area contributed by atoms with Crippen LogP contribution in [0.5, 0.6) is 5.75 Å². The highest BCUT2D eigenvalue weighted by atomic mass is 79.9. The van der Waals surface area contributed by atoms with Crippen molar-refractivity contribution in [3.63, 3.8) is 0 Å². The molecule has 3 N–H and O–H groups in total. The Morgan fingerprint density at radius 3 is 2.59 bits per heavy atom. The monoisotopic (exact) mass is 446 g/mol. The summed E-state index contributed by atoms with van der Waals surface area (Å²) in [6.07, 6.45) is 3.28. The molecule has 0 fully saturated rings. The van der Waals surface area contributed by atoms with Crippen LogP contribution in [0.2, 0.25) is 5.02 Å². The summed E-state index contributed by atoms with van der Waals surface area (Å²) < 4.78 is 0. The van der Waals surface area contributed by atoms with Crippen LogP contribution in [-0.2, 0) is 12.8 Å². The Balaban J connectivity index is 1.64. The lowest BCUT2D eigenvalue weighted by Crippen LogP contribution is -2.08. The number of benzene rings is 2. The standard InChI is InChI=1S/C20H20BrClN4O/c21-9-7-14-3-1-5-16(11-14)25-20-24-13-18(22)19(26-20)23-10-8-15-4-2-6-17(27)12-15/h1-6,11-13,27H,7-10H2,(H2,23,24,25,26). The molecule has 0 amide bonds. The maximum atomic E-state index is 9.53. The van der Waals surface area contributed by atoms with Crippen LogP contribution in [0.4, 0.5) is 17.5 Å². The van der Waals surface area contributed by atoms with E-state index >= 15 is 0 Å². The third-order valence-corrected chi connectivity index (χ3v) is 4.60. The van der Waals surface area contributed by atoms with Crippen LogP contribution in [-0.4, -0.2) is 26.9 Å². The van der Waals surface area contributed by atoms with Crippen LogP contribution in [0.1, 0.15) is 11.1 Å². The van der Waals surface area contributed by atoms with E-state index in [9.17, 15) is 5.11 Å². The number of halogens is 2. The Hall–Kier alpha value is -2.31. The molecule has 1 aromatic heterocycles. The van der Waals surface area contributed by atoms with E-state index in [-0.39, 0.29) is 5.75 Å². The fraction of sp³-hybridized carbons (Fsp3) is 0.200. The minimum Gasteiger partial charge on any atom is -0.508 e. The summed E-state index contributed by atoms with van der Waals surface area (Å²) in [4.78, 5) is 8.72. The number of hydrogen-bond acceptors (Lipinski definition) is 5.